The van der Waals surface area contributed by atoms with E-state index in [0.29, 0.717) is 5.92 Å². The first-order chi connectivity index (χ1) is 6.74. The first-order valence-electron chi connectivity index (χ1n) is 4.94. The Morgan fingerprint density at radius 2 is 2.43 bits per heavy atom. The fourth-order valence-electron chi connectivity index (χ4n) is 1.25. The van der Waals surface area contributed by atoms with Crippen LogP contribution in [-0.4, -0.2) is 23.2 Å². The summed E-state index contributed by atoms with van der Waals surface area (Å²) < 4.78 is 0. The van der Waals surface area contributed by atoms with Gasteiger partial charge in [0.25, 0.3) is 0 Å². The largest absolute Gasteiger partial charge is 0.396 e. The van der Waals surface area contributed by atoms with E-state index in [4.69, 9.17) is 5.11 Å². The summed E-state index contributed by atoms with van der Waals surface area (Å²) in [4.78, 5) is 5.50. The van der Waals surface area contributed by atoms with Gasteiger partial charge in [0.05, 0.1) is 11.2 Å². The highest BCUT2D eigenvalue weighted by atomic mass is 32.1. The number of aliphatic hydroxyl groups is 1. The van der Waals surface area contributed by atoms with Gasteiger partial charge < -0.3 is 10.4 Å². The van der Waals surface area contributed by atoms with Gasteiger partial charge in [-0.25, -0.2) is 4.98 Å². The average Bonchev–Trinajstić information content (AvgIpc) is 2.52. The lowest BCUT2D eigenvalue weighted by atomic mass is 10.1. The van der Waals surface area contributed by atoms with Gasteiger partial charge >= 0.3 is 0 Å². The maximum absolute atomic E-state index is 8.73. The normalized spacial score (nSPS) is 13.1. The molecule has 2 N–H and O–H groups in total. The van der Waals surface area contributed by atoms with Crippen LogP contribution in [0, 0.1) is 12.8 Å². The fraction of sp³-hybridized carbons (Fsp3) is 0.700. The molecule has 1 rings (SSSR count). The zero-order valence-corrected chi connectivity index (χ0v) is 9.60. The van der Waals surface area contributed by atoms with Crippen LogP contribution < -0.4 is 5.32 Å². The van der Waals surface area contributed by atoms with Crippen molar-refractivity contribution in [3.63, 3.8) is 0 Å². The van der Waals surface area contributed by atoms with Crippen molar-refractivity contribution >= 4 is 11.3 Å². The fourth-order valence-corrected chi connectivity index (χ4v) is 2.00. The smallest absolute Gasteiger partial charge is 0.0798 e. The molecular formula is C10H18N2OS. The highest BCUT2D eigenvalue weighted by Gasteiger charge is 2.03. The molecule has 14 heavy (non-hydrogen) atoms. The van der Waals surface area contributed by atoms with Crippen molar-refractivity contribution in [2.45, 2.75) is 26.8 Å². The Labute approximate surface area is 89.2 Å². The lowest BCUT2D eigenvalue weighted by molar-refractivity contribution is 0.260. The molecule has 1 unspecified atom stereocenters. The molecular weight excluding hydrogens is 196 g/mol. The van der Waals surface area contributed by atoms with Crippen LogP contribution >= 0.6 is 11.3 Å². The van der Waals surface area contributed by atoms with Crippen LogP contribution in [0.25, 0.3) is 0 Å². The lowest BCUT2D eigenvalue weighted by Gasteiger charge is -2.10. The number of aromatic nitrogens is 1. The van der Waals surface area contributed by atoms with Gasteiger partial charge in [0.15, 0.2) is 0 Å². The Morgan fingerprint density at radius 1 is 1.64 bits per heavy atom. The molecule has 1 atom stereocenters. The van der Waals surface area contributed by atoms with Crippen molar-refractivity contribution in [1.29, 1.82) is 0 Å². The molecule has 0 radical (unpaired) electrons. The summed E-state index contributed by atoms with van der Waals surface area (Å²) in [6.45, 7) is 6.31. The zero-order chi connectivity index (χ0) is 10.4. The van der Waals surface area contributed by atoms with Gasteiger partial charge in [-0.05, 0) is 25.8 Å². The molecule has 3 nitrogen and oxygen atoms in total. The molecule has 0 saturated heterocycles. The third-order valence-corrected chi connectivity index (χ3v) is 3.18. The van der Waals surface area contributed by atoms with Gasteiger partial charge in [0, 0.05) is 18.0 Å². The first kappa shape index (κ1) is 11.6. The number of thiazole rings is 1. The highest BCUT2D eigenvalue weighted by molar-refractivity contribution is 7.09. The maximum Gasteiger partial charge on any atom is 0.0798 e. The standard InChI is InChI=1S/C10H18N2OS/c1-8(3-4-13)5-11-6-10-9(2)12-7-14-10/h7-8,11,13H,3-6H2,1-2H3. The molecule has 0 aliphatic rings. The number of aliphatic hydroxyl groups excluding tert-OH is 1. The molecule has 0 fully saturated rings. The summed E-state index contributed by atoms with van der Waals surface area (Å²) in [5, 5.41) is 12.1. The van der Waals surface area contributed by atoms with E-state index in [1.807, 2.05) is 12.4 Å². The van der Waals surface area contributed by atoms with E-state index in [1.54, 1.807) is 11.3 Å². The Morgan fingerprint density at radius 3 is 3.00 bits per heavy atom. The van der Waals surface area contributed by atoms with Crippen LogP contribution in [-0.2, 0) is 6.54 Å². The monoisotopic (exact) mass is 214 g/mol. The van der Waals surface area contributed by atoms with Crippen molar-refractivity contribution in [3.05, 3.63) is 16.1 Å². The van der Waals surface area contributed by atoms with Crippen LogP contribution in [0.3, 0.4) is 0 Å². The summed E-state index contributed by atoms with van der Waals surface area (Å²) in [5.41, 5.74) is 3.00. The number of nitrogens with zero attached hydrogens (tertiary/aromatic N) is 1. The minimum Gasteiger partial charge on any atom is -0.396 e. The lowest BCUT2D eigenvalue weighted by Crippen LogP contribution is -2.21. The van der Waals surface area contributed by atoms with Gasteiger partial charge in [-0.2, -0.15) is 0 Å². The second-order valence-corrected chi connectivity index (χ2v) is 4.55. The van der Waals surface area contributed by atoms with E-state index in [0.717, 1.165) is 25.2 Å². The van der Waals surface area contributed by atoms with E-state index in [1.165, 1.54) is 4.88 Å². The van der Waals surface area contributed by atoms with Gasteiger partial charge in [-0.3, -0.25) is 0 Å². The first-order valence-corrected chi connectivity index (χ1v) is 5.82. The SMILES string of the molecule is Cc1ncsc1CNCC(C)CCO. The molecule has 80 valence electrons. The van der Waals surface area contributed by atoms with E-state index in [2.05, 4.69) is 17.2 Å². The molecule has 0 amide bonds. The quantitative estimate of drug-likeness (QED) is 0.755. The molecule has 4 heteroatoms. The number of hydrogen-bond donors (Lipinski definition) is 2. The van der Waals surface area contributed by atoms with Gasteiger partial charge in [0.2, 0.25) is 0 Å². The van der Waals surface area contributed by atoms with Crippen LogP contribution in [0.1, 0.15) is 23.9 Å². The van der Waals surface area contributed by atoms with E-state index in [9.17, 15) is 0 Å². The summed E-state index contributed by atoms with van der Waals surface area (Å²) in [7, 11) is 0. The summed E-state index contributed by atoms with van der Waals surface area (Å²) in [6, 6.07) is 0. The molecule has 0 aliphatic carbocycles. The van der Waals surface area contributed by atoms with Crippen molar-refractivity contribution in [2.24, 2.45) is 5.92 Å². The highest BCUT2D eigenvalue weighted by Crippen LogP contribution is 2.11. The topological polar surface area (TPSA) is 45.2 Å². The van der Waals surface area contributed by atoms with Gasteiger partial charge in [-0.15, -0.1) is 11.3 Å². The Balaban J connectivity index is 2.19. The Kier molecular flexibility index (Phi) is 5.07. The minimum atomic E-state index is 0.280. The molecule has 0 aromatic carbocycles. The minimum absolute atomic E-state index is 0.280. The maximum atomic E-state index is 8.73. The summed E-state index contributed by atoms with van der Waals surface area (Å²) >= 11 is 1.69. The zero-order valence-electron chi connectivity index (χ0n) is 8.79. The van der Waals surface area contributed by atoms with E-state index >= 15 is 0 Å². The van der Waals surface area contributed by atoms with Crippen LogP contribution in [0.15, 0.2) is 5.51 Å². The van der Waals surface area contributed by atoms with Crippen molar-refractivity contribution in [1.82, 2.24) is 10.3 Å². The third-order valence-electron chi connectivity index (χ3n) is 2.25. The molecule has 1 heterocycles. The van der Waals surface area contributed by atoms with Crippen LogP contribution in [0.5, 0.6) is 0 Å². The predicted molar refractivity (Wildman–Crippen MR) is 59.4 cm³/mol. The molecule has 0 bridgehead atoms. The second kappa shape index (κ2) is 6.11. The van der Waals surface area contributed by atoms with Crippen LogP contribution in [0.4, 0.5) is 0 Å². The molecule has 0 aliphatic heterocycles. The van der Waals surface area contributed by atoms with Crippen LogP contribution in [0.2, 0.25) is 0 Å². The molecule has 0 saturated carbocycles. The molecule has 1 aromatic rings. The van der Waals surface area contributed by atoms with E-state index < -0.39 is 0 Å². The van der Waals surface area contributed by atoms with E-state index in [-0.39, 0.29) is 6.61 Å². The summed E-state index contributed by atoms with van der Waals surface area (Å²) in [6.07, 6.45) is 0.870. The number of aryl methyl sites for hydroxylation is 1. The average molecular weight is 214 g/mol. The molecule has 0 spiro atoms. The second-order valence-electron chi connectivity index (χ2n) is 3.61. The van der Waals surface area contributed by atoms with Gasteiger partial charge in [0.1, 0.15) is 0 Å². The van der Waals surface area contributed by atoms with Crippen molar-refractivity contribution in [3.8, 4) is 0 Å². The van der Waals surface area contributed by atoms with Crippen molar-refractivity contribution in [2.75, 3.05) is 13.2 Å². The third kappa shape index (κ3) is 3.74. The predicted octanol–water partition coefficient (Wildman–Crippen LogP) is 1.56. The van der Waals surface area contributed by atoms with Crippen molar-refractivity contribution < 1.29 is 5.11 Å². The van der Waals surface area contributed by atoms with Gasteiger partial charge in [-0.1, -0.05) is 6.92 Å². The summed E-state index contributed by atoms with van der Waals surface area (Å²) in [5.74, 6) is 0.535. The number of hydrogen-bond acceptors (Lipinski definition) is 4. The number of nitrogens with one attached hydrogen (secondary N) is 1. The Hall–Kier alpha value is -0.450. The number of rotatable bonds is 6. The molecule has 1 aromatic heterocycles. The Bertz CT molecular complexity index is 262.